The highest BCUT2D eigenvalue weighted by Gasteiger charge is 2.24. The maximum absolute atomic E-state index is 13.8. The summed E-state index contributed by atoms with van der Waals surface area (Å²) < 4.78 is 65.6. The van der Waals surface area contributed by atoms with Gasteiger partial charge in [0.05, 0.1) is 18.9 Å². The molecule has 142 valence electrons. The Bertz CT molecular complexity index is 836. The van der Waals surface area contributed by atoms with Crippen molar-refractivity contribution in [2.45, 2.75) is 31.6 Å². The van der Waals surface area contributed by atoms with E-state index in [0.29, 0.717) is 24.7 Å². The molecule has 2 aromatic carbocycles. The summed E-state index contributed by atoms with van der Waals surface area (Å²) in [5.41, 5.74) is 0.114. The van der Waals surface area contributed by atoms with E-state index < -0.39 is 26.6 Å². The molecule has 26 heavy (non-hydrogen) atoms. The third kappa shape index (κ3) is 4.85. The van der Waals surface area contributed by atoms with Crippen molar-refractivity contribution in [3.05, 3.63) is 48.0 Å². The van der Waals surface area contributed by atoms with Crippen molar-refractivity contribution >= 4 is 15.7 Å². The second-order valence-electron chi connectivity index (χ2n) is 5.51. The van der Waals surface area contributed by atoms with Gasteiger partial charge < -0.3 is 9.47 Å². The highest BCUT2D eigenvalue weighted by atomic mass is 32.2. The average Bonchev–Trinajstić information content (AvgIpc) is 2.58. The van der Waals surface area contributed by atoms with Crippen molar-refractivity contribution in [1.29, 1.82) is 0 Å². The Morgan fingerprint density at radius 3 is 2.08 bits per heavy atom. The predicted molar refractivity (Wildman–Crippen MR) is 95.2 cm³/mol. The van der Waals surface area contributed by atoms with Crippen molar-refractivity contribution in [3.8, 4) is 11.5 Å². The van der Waals surface area contributed by atoms with Gasteiger partial charge in [-0.05, 0) is 37.1 Å². The van der Waals surface area contributed by atoms with Gasteiger partial charge in [0, 0.05) is 6.07 Å². The number of benzene rings is 2. The van der Waals surface area contributed by atoms with Gasteiger partial charge in [0.25, 0.3) is 10.0 Å². The Labute approximate surface area is 152 Å². The Kier molecular flexibility index (Phi) is 6.79. The zero-order valence-electron chi connectivity index (χ0n) is 14.6. The third-order valence-electron chi connectivity index (χ3n) is 3.31. The molecule has 0 heterocycles. The van der Waals surface area contributed by atoms with Gasteiger partial charge in [0.15, 0.2) is 16.4 Å². The summed E-state index contributed by atoms with van der Waals surface area (Å²) in [5, 5.41) is 0. The van der Waals surface area contributed by atoms with Crippen molar-refractivity contribution in [2.24, 2.45) is 0 Å². The van der Waals surface area contributed by atoms with Gasteiger partial charge in [-0.25, -0.2) is 17.2 Å². The fourth-order valence-corrected chi connectivity index (χ4v) is 3.36. The molecule has 0 saturated carbocycles. The Morgan fingerprint density at radius 2 is 1.50 bits per heavy atom. The third-order valence-corrected chi connectivity index (χ3v) is 4.74. The van der Waals surface area contributed by atoms with Gasteiger partial charge in [0.2, 0.25) is 0 Å². The van der Waals surface area contributed by atoms with E-state index in [2.05, 4.69) is 4.72 Å². The molecular formula is C18H21F2NO4S. The number of rotatable bonds is 9. The van der Waals surface area contributed by atoms with E-state index >= 15 is 0 Å². The SMILES string of the molecule is CCCOc1ccc(NS(=O)(=O)c2c(F)cccc2F)cc1OCCC. The minimum absolute atomic E-state index is 0.114. The average molecular weight is 385 g/mol. The molecule has 2 aromatic rings. The van der Waals surface area contributed by atoms with Crippen molar-refractivity contribution < 1.29 is 26.7 Å². The van der Waals surface area contributed by atoms with E-state index in [1.807, 2.05) is 13.8 Å². The van der Waals surface area contributed by atoms with Crippen LogP contribution in [0.4, 0.5) is 14.5 Å². The summed E-state index contributed by atoms with van der Waals surface area (Å²) in [6.45, 7) is 4.78. The van der Waals surface area contributed by atoms with Crippen LogP contribution < -0.4 is 14.2 Å². The van der Waals surface area contributed by atoms with Gasteiger partial charge in [0.1, 0.15) is 11.6 Å². The first kappa shape index (κ1) is 20.0. The van der Waals surface area contributed by atoms with Crippen LogP contribution in [0.1, 0.15) is 26.7 Å². The van der Waals surface area contributed by atoms with E-state index in [1.54, 1.807) is 6.07 Å². The summed E-state index contributed by atoms with van der Waals surface area (Å²) in [5.74, 6) is -1.50. The molecule has 2 rings (SSSR count). The number of sulfonamides is 1. The lowest BCUT2D eigenvalue weighted by molar-refractivity contribution is 0.268. The van der Waals surface area contributed by atoms with Crippen LogP contribution in [-0.2, 0) is 10.0 Å². The lowest BCUT2D eigenvalue weighted by atomic mass is 10.3. The number of halogens is 2. The van der Waals surface area contributed by atoms with Crippen LogP contribution in [0, 0.1) is 11.6 Å². The van der Waals surface area contributed by atoms with Crippen molar-refractivity contribution in [1.82, 2.24) is 0 Å². The summed E-state index contributed by atoms with van der Waals surface area (Å²) in [7, 11) is -4.44. The molecule has 0 atom stereocenters. The Hall–Kier alpha value is -2.35. The molecule has 0 saturated heterocycles. The first-order valence-corrected chi connectivity index (χ1v) is 9.73. The topological polar surface area (TPSA) is 64.6 Å². The minimum Gasteiger partial charge on any atom is -0.490 e. The fraction of sp³-hybridized carbons (Fsp3) is 0.333. The molecule has 0 unspecified atom stereocenters. The maximum Gasteiger partial charge on any atom is 0.267 e. The van der Waals surface area contributed by atoms with Gasteiger partial charge in [-0.2, -0.15) is 0 Å². The maximum atomic E-state index is 13.8. The number of nitrogens with one attached hydrogen (secondary N) is 1. The first-order chi connectivity index (χ1) is 12.4. The van der Waals surface area contributed by atoms with Gasteiger partial charge in [-0.3, -0.25) is 4.72 Å². The molecule has 0 aliphatic heterocycles. The van der Waals surface area contributed by atoms with E-state index in [0.717, 1.165) is 31.0 Å². The molecule has 5 nitrogen and oxygen atoms in total. The highest BCUT2D eigenvalue weighted by molar-refractivity contribution is 7.92. The summed E-state index contributed by atoms with van der Waals surface area (Å²) >= 11 is 0. The first-order valence-electron chi connectivity index (χ1n) is 8.25. The van der Waals surface area contributed by atoms with Crippen LogP contribution in [0.3, 0.4) is 0 Å². The molecule has 0 aromatic heterocycles. The Morgan fingerprint density at radius 1 is 0.923 bits per heavy atom. The van der Waals surface area contributed by atoms with Crippen LogP contribution in [0.15, 0.2) is 41.3 Å². The molecule has 0 fully saturated rings. The fourth-order valence-electron chi connectivity index (χ4n) is 2.17. The summed E-state index contributed by atoms with van der Waals surface area (Å²) in [4.78, 5) is -1.03. The largest absolute Gasteiger partial charge is 0.490 e. The molecule has 8 heteroatoms. The van der Waals surface area contributed by atoms with Crippen molar-refractivity contribution in [2.75, 3.05) is 17.9 Å². The van der Waals surface area contributed by atoms with E-state index in [9.17, 15) is 17.2 Å². The van der Waals surface area contributed by atoms with Crippen LogP contribution in [-0.4, -0.2) is 21.6 Å². The van der Waals surface area contributed by atoms with Crippen molar-refractivity contribution in [3.63, 3.8) is 0 Å². The molecular weight excluding hydrogens is 364 g/mol. The van der Waals surface area contributed by atoms with E-state index in [-0.39, 0.29) is 5.69 Å². The normalized spacial score (nSPS) is 11.2. The summed E-state index contributed by atoms with van der Waals surface area (Å²) in [6.07, 6.45) is 1.55. The zero-order valence-corrected chi connectivity index (χ0v) is 15.4. The summed E-state index contributed by atoms with van der Waals surface area (Å²) in [6, 6.07) is 7.29. The molecule has 0 bridgehead atoms. The standard InChI is InChI=1S/C18H21F2NO4S/c1-3-10-24-16-9-8-13(12-17(16)25-11-4-2)21-26(22,23)18-14(19)6-5-7-15(18)20/h5-9,12,21H,3-4,10-11H2,1-2H3. The van der Waals surface area contributed by atoms with Gasteiger partial charge in [-0.15, -0.1) is 0 Å². The molecule has 1 N–H and O–H groups in total. The minimum atomic E-state index is -4.44. The molecule has 0 spiro atoms. The zero-order chi connectivity index (χ0) is 19.2. The molecule has 0 amide bonds. The van der Waals surface area contributed by atoms with E-state index in [1.165, 1.54) is 12.1 Å². The van der Waals surface area contributed by atoms with Crippen LogP contribution >= 0.6 is 0 Å². The molecule has 0 radical (unpaired) electrons. The van der Waals surface area contributed by atoms with Crippen LogP contribution in [0.25, 0.3) is 0 Å². The Balaban J connectivity index is 2.33. The lowest BCUT2D eigenvalue weighted by Gasteiger charge is -2.15. The molecule has 0 aliphatic rings. The second-order valence-corrected chi connectivity index (χ2v) is 7.13. The van der Waals surface area contributed by atoms with Gasteiger partial charge >= 0.3 is 0 Å². The predicted octanol–water partition coefficient (Wildman–Crippen LogP) is 4.34. The number of hydrogen-bond acceptors (Lipinski definition) is 4. The lowest BCUT2D eigenvalue weighted by Crippen LogP contribution is -2.16. The quantitative estimate of drug-likeness (QED) is 0.697. The monoisotopic (exact) mass is 385 g/mol. The number of hydrogen-bond donors (Lipinski definition) is 1. The smallest absolute Gasteiger partial charge is 0.267 e. The van der Waals surface area contributed by atoms with Crippen LogP contribution in [0.5, 0.6) is 11.5 Å². The van der Waals surface area contributed by atoms with Gasteiger partial charge in [-0.1, -0.05) is 19.9 Å². The van der Waals surface area contributed by atoms with E-state index in [4.69, 9.17) is 9.47 Å². The van der Waals surface area contributed by atoms with Crippen LogP contribution in [0.2, 0.25) is 0 Å². The number of anilines is 1. The molecule has 0 aliphatic carbocycles. The number of ether oxygens (including phenoxy) is 2. The second kappa shape index (κ2) is 8.84. The highest BCUT2D eigenvalue weighted by Crippen LogP contribution is 2.32.